The predicted octanol–water partition coefficient (Wildman–Crippen LogP) is 8.38. The van der Waals surface area contributed by atoms with Crippen molar-refractivity contribution >= 4 is 71.1 Å². The Morgan fingerprint density at radius 2 is 1.51 bits per heavy atom. The second-order valence-corrected chi connectivity index (χ2v) is 24.8. The van der Waals surface area contributed by atoms with Crippen LogP contribution < -0.4 is 18.9 Å². The first-order valence-corrected chi connectivity index (χ1v) is 27.7. The topological polar surface area (TPSA) is 172 Å². The summed E-state index contributed by atoms with van der Waals surface area (Å²) in [5.41, 5.74) is 1.82. The van der Waals surface area contributed by atoms with Crippen LogP contribution in [0.2, 0.25) is 5.02 Å². The number of piperidine rings is 2. The highest BCUT2D eigenvalue weighted by Gasteiger charge is 2.58. The summed E-state index contributed by atoms with van der Waals surface area (Å²) >= 11 is 8.45. The van der Waals surface area contributed by atoms with Gasteiger partial charge in [0.05, 0.1) is 61.6 Å². The number of carbonyl (C=O) groups excluding carboxylic acids is 4. The van der Waals surface area contributed by atoms with E-state index in [9.17, 15) is 23.4 Å². The van der Waals surface area contributed by atoms with Crippen LogP contribution in [0, 0.1) is 23.7 Å². The fraction of sp³-hybridized carbons (Fsp3) is 0.491. The van der Waals surface area contributed by atoms with Crippen LogP contribution in [-0.2, 0) is 47.9 Å². The van der Waals surface area contributed by atoms with Crippen LogP contribution in [0.3, 0.4) is 0 Å². The van der Waals surface area contributed by atoms with Crippen molar-refractivity contribution in [2.24, 2.45) is 21.9 Å². The number of ketones is 1. The normalized spacial score (nSPS) is 20.5. The van der Waals surface area contributed by atoms with Crippen LogP contribution in [-0.4, -0.2) is 132 Å². The lowest BCUT2D eigenvalue weighted by molar-refractivity contribution is -0.912. The standard InChI is InChI=1S/C55H66BClN5O11S2/c1-34-58-42(32-74-34)46(59-73-54(5,6)53(2,3)4)43(63)28-41-50(65)61-47(52(66)72-56)37(33-75(67)51(41)61)29-62(7)26-22-55(23-27-62)20-24-60(25-21-55)49(64)40-18-19-44(70-30-35-10-14-38(68-8)15-11-35)48(45(40)57)71-31-36-12-16-39(69-9)17-13-36/h10-19,32,41,51H,20-31,33H2,1-9H3/q+1/b59-46-/t41-,51-,75?/m1/s1. The number of β-lactam (4-membered cyclic amide) rings is 1. The van der Waals surface area contributed by atoms with Crippen LogP contribution in [0.25, 0.3) is 0 Å². The van der Waals surface area contributed by atoms with Gasteiger partial charge in [-0.15, -0.1) is 11.3 Å². The zero-order valence-electron chi connectivity index (χ0n) is 44.2. The number of fused-ring (bicyclic) bond motifs is 1. The summed E-state index contributed by atoms with van der Waals surface area (Å²) in [4.78, 5) is 69.4. The van der Waals surface area contributed by atoms with Gasteiger partial charge in [-0.3, -0.25) is 23.5 Å². The number of ether oxygens (including phenoxy) is 4. The van der Waals surface area contributed by atoms with Crippen molar-refractivity contribution in [2.45, 2.75) is 97.8 Å². The van der Waals surface area contributed by atoms with Gasteiger partial charge in [0, 0.05) is 59.5 Å². The molecule has 1 unspecified atom stereocenters. The largest absolute Gasteiger partial charge is 0.539 e. The van der Waals surface area contributed by atoms with Crippen molar-refractivity contribution in [1.29, 1.82) is 0 Å². The Morgan fingerprint density at radius 1 is 0.907 bits per heavy atom. The number of oxime groups is 1. The minimum Gasteiger partial charge on any atom is -0.539 e. The number of methoxy groups -OCH3 is 2. The Bertz CT molecular complexity index is 2880. The fourth-order valence-corrected chi connectivity index (χ4v) is 12.6. The number of hydrogen-bond acceptors (Lipinski definition) is 14. The third kappa shape index (κ3) is 12.0. The molecule has 8 rings (SSSR count). The number of likely N-dealkylation sites (tertiary alicyclic amines) is 2. The molecule has 2 radical (unpaired) electrons. The monoisotopic (exact) mass is 1080 g/mol. The maximum atomic E-state index is 14.3. The summed E-state index contributed by atoms with van der Waals surface area (Å²) in [5.74, 6) is -0.920. The lowest BCUT2D eigenvalue weighted by Gasteiger charge is -2.52. The summed E-state index contributed by atoms with van der Waals surface area (Å²) < 4.78 is 42.7. The molecular formula is C55H66BClN5O11S2+. The minimum atomic E-state index is -1.65. The molecule has 0 aliphatic carbocycles. The molecule has 0 N–H and O–H groups in total. The summed E-state index contributed by atoms with van der Waals surface area (Å²) in [7, 11) is 9.16. The molecule has 16 nitrogen and oxygen atoms in total. The summed E-state index contributed by atoms with van der Waals surface area (Å²) in [6, 6.07) is 18.5. The number of aromatic nitrogens is 1. The lowest BCUT2D eigenvalue weighted by atomic mass is 9.70. The number of aryl methyl sites for hydroxylation is 1. The zero-order chi connectivity index (χ0) is 54.0. The molecule has 3 aromatic carbocycles. The van der Waals surface area contributed by atoms with Crippen molar-refractivity contribution in [3.63, 3.8) is 0 Å². The van der Waals surface area contributed by atoms with Gasteiger partial charge < -0.3 is 37.8 Å². The summed E-state index contributed by atoms with van der Waals surface area (Å²) in [6.45, 7) is 14.9. The Labute approximate surface area is 452 Å². The number of hydrogen-bond donors (Lipinski definition) is 0. The van der Waals surface area contributed by atoms with E-state index in [1.165, 1.54) is 16.2 Å². The maximum Gasteiger partial charge on any atom is 0.378 e. The van der Waals surface area contributed by atoms with Crippen molar-refractivity contribution in [2.75, 3.05) is 59.7 Å². The van der Waals surface area contributed by atoms with Gasteiger partial charge in [0.15, 0.2) is 23.0 Å². The lowest BCUT2D eigenvalue weighted by Crippen LogP contribution is -2.66. The Kier molecular flexibility index (Phi) is 16.6. The first-order valence-electron chi connectivity index (χ1n) is 25.1. The number of halogens is 1. The fourth-order valence-electron chi connectivity index (χ4n) is 9.91. The zero-order valence-corrected chi connectivity index (χ0v) is 46.6. The van der Waals surface area contributed by atoms with E-state index in [2.05, 4.69) is 17.2 Å². The average molecular weight is 1080 g/mol. The van der Waals surface area contributed by atoms with Crippen molar-refractivity contribution in [1.82, 2.24) is 14.8 Å². The number of rotatable bonds is 18. The van der Waals surface area contributed by atoms with Crippen LogP contribution in [0.5, 0.6) is 23.0 Å². The molecule has 0 saturated carbocycles. The smallest absolute Gasteiger partial charge is 0.378 e. The Morgan fingerprint density at radius 3 is 2.05 bits per heavy atom. The third-order valence-electron chi connectivity index (χ3n) is 15.8. The SMILES string of the molecule is [B]OC(=O)C1=C(C[N+]2(C)CCC3(CCN(C(=O)c4ccc(OCc5ccc(OC)cc5)c(OCc5ccc(OC)cc5)c4Cl)CC3)CC2)CS(=O)[C@@H]2[C@H](CC(=O)/C(=N\OC(C)(C)C(C)(C)C)c3csc(C)n3)C(=O)N12. The van der Waals surface area contributed by atoms with E-state index in [4.69, 9.17) is 48.1 Å². The molecule has 75 heavy (non-hydrogen) atoms. The first kappa shape index (κ1) is 55.5. The van der Waals surface area contributed by atoms with Gasteiger partial charge in [-0.1, -0.05) is 61.8 Å². The van der Waals surface area contributed by atoms with Gasteiger partial charge in [0.1, 0.15) is 53.6 Å². The number of benzene rings is 3. The van der Waals surface area contributed by atoms with Crippen LogP contribution >= 0.6 is 22.9 Å². The van der Waals surface area contributed by atoms with Crippen molar-refractivity contribution in [3.05, 3.63) is 110 Å². The number of Topliss-reactive ketones (excluding diaryl/α,β-unsaturated/α-hetero) is 1. The van der Waals surface area contributed by atoms with E-state index in [1.807, 2.05) is 95.0 Å². The van der Waals surface area contributed by atoms with Gasteiger partial charge in [0.2, 0.25) is 5.91 Å². The van der Waals surface area contributed by atoms with Gasteiger partial charge in [-0.2, -0.15) is 0 Å². The van der Waals surface area contributed by atoms with E-state index in [-0.39, 0.29) is 64.3 Å². The molecule has 1 aromatic heterocycles. The quantitative estimate of drug-likeness (QED) is 0.0307. The van der Waals surface area contributed by atoms with E-state index in [1.54, 1.807) is 31.7 Å². The van der Waals surface area contributed by atoms with E-state index in [0.717, 1.165) is 66.4 Å². The van der Waals surface area contributed by atoms with Gasteiger partial charge in [0.25, 0.3) is 5.91 Å². The Hall–Kier alpha value is -5.76. The molecule has 3 saturated heterocycles. The Balaban J connectivity index is 0.917. The summed E-state index contributed by atoms with van der Waals surface area (Å²) in [5, 5.41) is 5.99. The van der Waals surface area contributed by atoms with E-state index in [0.29, 0.717) is 46.7 Å². The third-order valence-corrected chi connectivity index (χ3v) is 18.6. The molecule has 398 valence electrons. The highest BCUT2D eigenvalue weighted by atomic mass is 35.5. The van der Waals surface area contributed by atoms with E-state index < -0.39 is 45.4 Å². The molecule has 5 heterocycles. The van der Waals surface area contributed by atoms with Crippen LogP contribution in [0.1, 0.15) is 98.9 Å². The first-order chi connectivity index (χ1) is 35.6. The number of nitrogens with zero attached hydrogens (tertiary/aromatic N) is 5. The van der Waals surface area contributed by atoms with Crippen LogP contribution in [0.4, 0.5) is 0 Å². The summed E-state index contributed by atoms with van der Waals surface area (Å²) in [6.07, 6.45) is 2.99. The highest BCUT2D eigenvalue weighted by Crippen LogP contribution is 2.46. The molecule has 0 bridgehead atoms. The van der Waals surface area contributed by atoms with Gasteiger partial charge in [-0.05, 0) is 86.6 Å². The molecule has 2 amide bonds. The number of thiazole rings is 1. The molecule has 3 atom stereocenters. The van der Waals surface area contributed by atoms with Crippen molar-refractivity contribution < 1.29 is 56.3 Å². The van der Waals surface area contributed by atoms with Gasteiger partial charge in [-0.25, -0.2) is 9.78 Å². The second kappa shape index (κ2) is 22.4. The van der Waals surface area contributed by atoms with Gasteiger partial charge >= 0.3 is 14.0 Å². The molecular weight excluding hydrogens is 1020 g/mol. The average Bonchev–Trinajstić information content (AvgIpc) is 3.84. The predicted molar refractivity (Wildman–Crippen MR) is 287 cm³/mol. The van der Waals surface area contributed by atoms with Crippen LogP contribution in [0.15, 0.2) is 82.5 Å². The van der Waals surface area contributed by atoms with E-state index >= 15 is 0 Å². The minimum absolute atomic E-state index is 0.00804. The number of likely N-dealkylation sites (N-methyl/N-ethyl adjacent to an activating group) is 1. The number of amides is 2. The molecule has 4 aromatic rings. The molecule has 3 fully saturated rings. The van der Waals surface area contributed by atoms with Crippen molar-refractivity contribution in [3.8, 4) is 23.0 Å². The second-order valence-electron chi connectivity index (χ2n) is 21.8. The number of carbonyl (C=O) groups is 4. The highest BCUT2D eigenvalue weighted by molar-refractivity contribution is 7.86. The molecule has 4 aliphatic heterocycles. The molecule has 4 aliphatic rings. The molecule has 20 heteroatoms. The number of quaternary nitrogens is 1. The maximum absolute atomic E-state index is 14.3. The molecule has 1 spiro atoms.